The van der Waals surface area contributed by atoms with E-state index in [1.807, 2.05) is 53.4 Å². The van der Waals surface area contributed by atoms with Crippen molar-refractivity contribution in [2.45, 2.75) is 0 Å². The molecule has 0 unspecified atom stereocenters. The van der Waals surface area contributed by atoms with Crippen LogP contribution in [0.4, 0.5) is 5.00 Å². The molecule has 1 aliphatic rings. The fourth-order valence-electron chi connectivity index (χ4n) is 3.28. The smallest absolute Gasteiger partial charge is 0.257 e. The van der Waals surface area contributed by atoms with Gasteiger partial charge in [-0.25, -0.2) is 0 Å². The predicted molar refractivity (Wildman–Crippen MR) is 119 cm³/mol. The molecule has 144 valence electrons. The first-order valence-corrected chi connectivity index (χ1v) is 10.8. The largest absolute Gasteiger partial charge is 0.390 e. The molecule has 1 amide bonds. The number of morpholine rings is 1. The average molecular weight is 478 g/mol. The molecule has 2 heterocycles. The molecular formula is C21H18BrClN2O2S. The topological polar surface area (TPSA) is 55.6 Å². The number of carbonyl (C=O) groups is 1. The molecule has 28 heavy (non-hydrogen) atoms. The standard InChI is InChI=1S/C21H18BrClN2O2S/c22-15-5-1-14(2-6-15)19-17(13-3-7-16(23)8-4-13)18(20(24)28-19)21(26)25-9-11-27-12-10-25/h1-8H,9-12,24H2. The summed E-state index contributed by atoms with van der Waals surface area (Å²) in [5.41, 5.74) is 9.75. The first-order chi connectivity index (χ1) is 13.5. The first kappa shape index (κ1) is 19.5. The molecule has 0 aliphatic carbocycles. The van der Waals surface area contributed by atoms with Gasteiger partial charge in [0.1, 0.15) is 0 Å². The zero-order valence-corrected chi connectivity index (χ0v) is 18.1. The van der Waals surface area contributed by atoms with Crippen molar-refractivity contribution in [1.82, 2.24) is 4.90 Å². The number of hydrogen-bond acceptors (Lipinski definition) is 4. The van der Waals surface area contributed by atoms with Crippen LogP contribution in [-0.2, 0) is 4.74 Å². The third-order valence-electron chi connectivity index (χ3n) is 4.69. The summed E-state index contributed by atoms with van der Waals surface area (Å²) in [4.78, 5) is 16.1. The molecule has 0 radical (unpaired) electrons. The Kier molecular flexibility index (Phi) is 5.73. The van der Waals surface area contributed by atoms with Gasteiger partial charge in [0.05, 0.1) is 23.8 Å². The van der Waals surface area contributed by atoms with Crippen LogP contribution < -0.4 is 5.73 Å². The maximum absolute atomic E-state index is 13.3. The van der Waals surface area contributed by atoms with E-state index in [9.17, 15) is 4.79 Å². The molecule has 4 nitrogen and oxygen atoms in total. The van der Waals surface area contributed by atoms with Crippen LogP contribution in [-0.4, -0.2) is 37.1 Å². The minimum Gasteiger partial charge on any atom is -0.390 e. The maximum Gasteiger partial charge on any atom is 0.257 e. The fraction of sp³-hybridized carbons (Fsp3) is 0.190. The van der Waals surface area contributed by atoms with Crippen LogP contribution in [0.25, 0.3) is 21.6 Å². The lowest BCUT2D eigenvalue weighted by molar-refractivity contribution is 0.0304. The average Bonchev–Trinajstić information content (AvgIpc) is 3.06. The molecule has 4 rings (SSSR count). The Labute approximate surface area is 181 Å². The fourth-order valence-corrected chi connectivity index (χ4v) is 4.76. The monoisotopic (exact) mass is 476 g/mol. The number of benzene rings is 2. The molecule has 1 saturated heterocycles. The highest BCUT2D eigenvalue weighted by atomic mass is 79.9. The summed E-state index contributed by atoms with van der Waals surface area (Å²) >= 11 is 11.0. The highest BCUT2D eigenvalue weighted by molar-refractivity contribution is 9.10. The summed E-state index contributed by atoms with van der Waals surface area (Å²) < 4.78 is 6.39. The Bertz CT molecular complexity index is 996. The molecule has 0 atom stereocenters. The third kappa shape index (κ3) is 3.82. The number of halogens is 2. The number of rotatable bonds is 3. The minimum absolute atomic E-state index is 0.0506. The van der Waals surface area contributed by atoms with Gasteiger partial charge in [0.25, 0.3) is 5.91 Å². The van der Waals surface area contributed by atoms with E-state index in [-0.39, 0.29) is 5.91 Å². The summed E-state index contributed by atoms with van der Waals surface area (Å²) in [6, 6.07) is 15.6. The van der Waals surface area contributed by atoms with Crippen LogP contribution in [0.2, 0.25) is 5.02 Å². The number of anilines is 1. The second kappa shape index (κ2) is 8.25. The summed E-state index contributed by atoms with van der Waals surface area (Å²) in [5.74, 6) is -0.0506. The second-order valence-electron chi connectivity index (χ2n) is 6.46. The highest BCUT2D eigenvalue weighted by Gasteiger charge is 2.28. The lowest BCUT2D eigenvalue weighted by Crippen LogP contribution is -2.40. The second-order valence-corrected chi connectivity index (χ2v) is 8.87. The van der Waals surface area contributed by atoms with Gasteiger partial charge < -0.3 is 15.4 Å². The lowest BCUT2D eigenvalue weighted by atomic mass is 9.97. The Morgan fingerprint density at radius 1 is 1.04 bits per heavy atom. The Balaban J connectivity index is 1.88. The molecule has 0 spiro atoms. The van der Waals surface area contributed by atoms with Crippen molar-refractivity contribution in [3.05, 3.63) is 63.6 Å². The third-order valence-corrected chi connectivity index (χ3v) is 6.54. The minimum atomic E-state index is -0.0506. The van der Waals surface area contributed by atoms with E-state index in [1.54, 1.807) is 0 Å². The van der Waals surface area contributed by atoms with Crippen molar-refractivity contribution in [3.63, 3.8) is 0 Å². The van der Waals surface area contributed by atoms with Crippen molar-refractivity contribution >= 4 is 49.8 Å². The van der Waals surface area contributed by atoms with Crippen LogP contribution in [0, 0.1) is 0 Å². The van der Waals surface area contributed by atoms with Crippen molar-refractivity contribution in [2.24, 2.45) is 0 Å². The first-order valence-electron chi connectivity index (χ1n) is 8.86. The zero-order valence-electron chi connectivity index (χ0n) is 15.0. The number of nitrogens with two attached hydrogens (primary N) is 1. The van der Waals surface area contributed by atoms with Gasteiger partial charge in [-0.1, -0.05) is 51.8 Å². The molecule has 1 fully saturated rings. The molecule has 0 saturated carbocycles. The van der Waals surface area contributed by atoms with E-state index in [0.29, 0.717) is 41.9 Å². The van der Waals surface area contributed by atoms with Gasteiger partial charge in [-0.05, 0) is 35.4 Å². The summed E-state index contributed by atoms with van der Waals surface area (Å²) in [6.45, 7) is 2.24. The molecule has 1 aromatic heterocycles. The van der Waals surface area contributed by atoms with Crippen LogP contribution in [0.5, 0.6) is 0 Å². The van der Waals surface area contributed by atoms with Gasteiger partial charge in [0.15, 0.2) is 0 Å². The summed E-state index contributed by atoms with van der Waals surface area (Å²) in [7, 11) is 0. The van der Waals surface area contributed by atoms with Gasteiger partial charge in [-0.15, -0.1) is 11.3 Å². The molecular weight excluding hydrogens is 460 g/mol. The van der Waals surface area contributed by atoms with Gasteiger partial charge in [0.2, 0.25) is 0 Å². The number of hydrogen-bond donors (Lipinski definition) is 1. The lowest BCUT2D eigenvalue weighted by Gasteiger charge is -2.27. The molecule has 2 N–H and O–H groups in total. The van der Waals surface area contributed by atoms with Crippen LogP contribution in [0.15, 0.2) is 53.0 Å². The van der Waals surface area contributed by atoms with Crippen LogP contribution >= 0.6 is 38.9 Å². The van der Waals surface area contributed by atoms with Gasteiger partial charge in [0, 0.05) is 33.0 Å². The maximum atomic E-state index is 13.3. The quantitative estimate of drug-likeness (QED) is 0.538. The number of amides is 1. The predicted octanol–water partition coefficient (Wildman–Crippen LogP) is 5.55. The number of ether oxygens (including phenoxy) is 1. The number of nitrogen functional groups attached to an aromatic ring is 1. The Morgan fingerprint density at radius 2 is 1.64 bits per heavy atom. The van der Waals surface area contributed by atoms with Gasteiger partial charge in [-0.3, -0.25) is 4.79 Å². The van der Waals surface area contributed by atoms with Crippen molar-refractivity contribution in [2.75, 3.05) is 32.0 Å². The summed E-state index contributed by atoms with van der Waals surface area (Å²) in [6.07, 6.45) is 0. The van der Waals surface area contributed by atoms with Crippen LogP contribution in [0.1, 0.15) is 10.4 Å². The van der Waals surface area contributed by atoms with E-state index in [1.165, 1.54) is 11.3 Å². The normalized spacial score (nSPS) is 14.3. The van der Waals surface area contributed by atoms with Crippen molar-refractivity contribution in [3.8, 4) is 21.6 Å². The van der Waals surface area contributed by atoms with E-state index in [0.717, 1.165) is 26.0 Å². The highest BCUT2D eigenvalue weighted by Crippen LogP contribution is 2.45. The Morgan fingerprint density at radius 3 is 2.29 bits per heavy atom. The van der Waals surface area contributed by atoms with Gasteiger partial charge >= 0.3 is 0 Å². The van der Waals surface area contributed by atoms with Crippen molar-refractivity contribution < 1.29 is 9.53 Å². The van der Waals surface area contributed by atoms with E-state index >= 15 is 0 Å². The number of carbonyl (C=O) groups excluding carboxylic acids is 1. The zero-order chi connectivity index (χ0) is 19.7. The number of nitrogens with zero attached hydrogens (tertiary/aromatic N) is 1. The molecule has 1 aliphatic heterocycles. The Hall–Kier alpha value is -1.86. The van der Waals surface area contributed by atoms with E-state index in [4.69, 9.17) is 22.1 Å². The molecule has 3 aromatic rings. The van der Waals surface area contributed by atoms with Crippen LogP contribution in [0.3, 0.4) is 0 Å². The molecule has 2 aromatic carbocycles. The van der Waals surface area contributed by atoms with E-state index < -0.39 is 0 Å². The molecule has 7 heteroatoms. The molecule has 0 bridgehead atoms. The SMILES string of the molecule is Nc1sc(-c2ccc(Br)cc2)c(-c2ccc(Cl)cc2)c1C(=O)N1CCOCC1. The number of thiophene rings is 1. The van der Waals surface area contributed by atoms with Gasteiger partial charge in [-0.2, -0.15) is 0 Å². The van der Waals surface area contributed by atoms with Crippen molar-refractivity contribution in [1.29, 1.82) is 0 Å². The van der Waals surface area contributed by atoms with E-state index in [2.05, 4.69) is 15.9 Å². The summed E-state index contributed by atoms with van der Waals surface area (Å²) in [5, 5.41) is 1.18.